The molecule has 98 valence electrons. The third-order valence-electron chi connectivity index (χ3n) is 4.34. The summed E-state index contributed by atoms with van der Waals surface area (Å²) in [4.78, 5) is 0. The lowest BCUT2D eigenvalue weighted by molar-refractivity contribution is 0.475. The fourth-order valence-electron chi connectivity index (χ4n) is 2.96. The number of rotatable bonds is 2. The van der Waals surface area contributed by atoms with Crippen LogP contribution in [-0.2, 0) is 0 Å². The summed E-state index contributed by atoms with van der Waals surface area (Å²) in [6, 6.07) is 6.69. The summed E-state index contributed by atoms with van der Waals surface area (Å²) < 4.78 is 0. The van der Waals surface area contributed by atoms with Gasteiger partial charge in [0.1, 0.15) is 0 Å². The highest BCUT2D eigenvalue weighted by atomic mass is 15.0. The van der Waals surface area contributed by atoms with Crippen molar-refractivity contribution in [2.75, 3.05) is 5.32 Å². The Morgan fingerprint density at radius 1 is 1.44 bits per heavy atom. The Balaban J connectivity index is 2.54. The predicted octanol–water partition coefficient (Wildman–Crippen LogP) is 5.06. The first-order chi connectivity index (χ1) is 8.35. The van der Waals surface area contributed by atoms with Crippen LogP contribution in [0.25, 0.3) is 0 Å². The lowest BCUT2D eigenvalue weighted by Gasteiger charge is -2.42. The van der Waals surface area contributed by atoms with Gasteiger partial charge in [0.05, 0.1) is 5.54 Å². The maximum atomic E-state index is 4.17. The molecule has 0 amide bonds. The predicted molar refractivity (Wildman–Crippen MR) is 80.4 cm³/mol. The van der Waals surface area contributed by atoms with Crippen LogP contribution in [0.4, 0.5) is 5.69 Å². The fourth-order valence-corrected chi connectivity index (χ4v) is 2.96. The van der Waals surface area contributed by atoms with Gasteiger partial charge in [-0.15, -0.1) is 0 Å². The van der Waals surface area contributed by atoms with E-state index in [0.29, 0.717) is 11.8 Å². The molecule has 0 spiro atoms. The highest BCUT2D eigenvalue weighted by Crippen LogP contribution is 2.44. The molecular formula is C17H25N. The minimum Gasteiger partial charge on any atom is -0.376 e. The maximum Gasteiger partial charge on any atom is 0.0557 e. The van der Waals surface area contributed by atoms with Gasteiger partial charge in [0, 0.05) is 5.69 Å². The van der Waals surface area contributed by atoms with Crippen molar-refractivity contribution in [2.24, 2.45) is 0 Å². The van der Waals surface area contributed by atoms with E-state index in [9.17, 15) is 0 Å². The van der Waals surface area contributed by atoms with E-state index in [1.807, 2.05) is 0 Å². The normalized spacial score (nSPS) is 26.7. The van der Waals surface area contributed by atoms with E-state index >= 15 is 0 Å². The molecule has 0 saturated carbocycles. The van der Waals surface area contributed by atoms with Crippen LogP contribution in [0.3, 0.4) is 0 Å². The number of benzene rings is 1. The molecule has 0 fully saturated rings. The molecule has 0 radical (unpaired) electrons. The quantitative estimate of drug-likeness (QED) is 0.716. The van der Waals surface area contributed by atoms with Gasteiger partial charge in [-0.25, -0.2) is 0 Å². The number of anilines is 1. The van der Waals surface area contributed by atoms with E-state index in [0.717, 1.165) is 6.42 Å². The molecule has 0 aromatic heterocycles. The summed E-state index contributed by atoms with van der Waals surface area (Å²) in [5.74, 6) is 1.13. The molecule has 1 nitrogen and oxygen atoms in total. The van der Waals surface area contributed by atoms with Crippen molar-refractivity contribution < 1.29 is 0 Å². The van der Waals surface area contributed by atoms with Gasteiger partial charge in [-0.1, -0.05) is 51.1 Å². The van der Waals surface area contributed by atoms with Crippen molar-refractivity contribution in [2.45, 2.75) is 58.4 Å². The molecule has 2 atom stereocenters. The molecule has 1 heteroatoms. The van der Waals surface area contributed by atoms with Gasteiger partial charge >= 0.3 is 0 Å². The highest BCUT2D eigenvalue weighted by molar-refractivity contribution is 5.64. The summed E-state index contributed by atoms with van der Waals surface area (Å²) in [7, 11) is 0. The zero-order valence-electron chi connectivity index (χ0n) is 12.3. The van der Waals surface area contributed by atoms with Crippen LogP contribution in [0.5, 0.6) is 0 Å². The molecule has 0 aliphatic carbocycles. The molecule has 1 N–H and O–H groups in total. The van der Waals surface area contributed by atoms with E-state index in [1.165, 1.54) is 22.4 Å². The van der Waals surface area contributed by atoms with Gasteiger partial charge in [0.2, 0.25) is 0 Å². The zero-order valence-corrected chi connectivity index (χ0v) is 12.3. The van der Waals surface area contributed by atoms with Gasteiger partial charge in [-0.3, -0.25) is 0 Å². The molecule has 2 rings (SSSR count). The third-order valence-corrected chi connectivity index (χ3v) is 4.34. The first-order valence-electron chi connectivity index (χ1n) is 6.92. The van der Waals surface area contributed by atoms with Crippen LogP contribution < -0.4 is 5.32 Å². The average Bonchev–Trinajstić information content (AvgIpc) is 2.27. The molecule has 1 aromatic carbocycles. The number of para-hydroxylation sites is 1. The van der Waals surface area contributed by atoms with Gasteiger partial charge < -0.3 is 5.32 Å². The summed E-state index contributed by atoms with van der Waals surface area (Å²) in [5, 5.41) is 3.75. The van der Waals surface area contributed by atoms with E-state index in [2.05, 4.69) is 64.7 Å². The molecule has 2 unspecified atom stereocenters. The average molecular weight is 243 g/mol. The first-order valence-corrected chi connectivity index (χ1v) is 6.92. The molecule has 1 heterocycles. The van der Waals surface area contributed by atoms with Crippen LogP contribution in [0.1, 0.15) is 64.0 Å². The van der Waals surface area contributed by atoms with E-state index in [4.69, 9.17) is 0 Å². The van der Waals surface area contributed by atoms with Gasteiger partial charge in [-0.2, -0.15) is 0 Å². The fraction of sp³-hybridized carbons (Fsp3) is 0.529. The third kappa shape index (κ3) is 2.07. The Bertz CT molecular complexity index is 458. The van der Waals surface area contributed by atoms with Crippen molar-refractivity contribution in [3.63, 3.8) is 0 Å². The summed E-state index contributed by atoms with van der Waals surface area (Å²) in [6.45, 7) is 15.4. The summed E-state index contributed by atoms with van der Waals surface area (Å²) >= 11 is 0. The van der Waals surface area contributed by atoms with Gasteiger partial charge in [0.25, 0.3) is 0 Å². The Morgan fingerprint density at radius 3 is 2.67 bits per heavy atom. The molecule has 0 saturated heterocycles. The molecule has 18 heavy (non-hydrogen) atoms. The van der Waals surface area contributed by atoms with Crippen molar-refractivity contribution in [3.8, 4) is 0 Å². The van der Waals surface area contributed by atoms with Crippen LogP contribution in [0.2, 0.25) is 0 Å². The number of hydrogen-bond acceptors (Lipinski definition) is 1. The molecule has 0 bridgehead atoms. The van der Waals surface area contributed by atoms with Crippen molar-refractivity contribution in [3.05, 3.63) is 41.5 Å². The SMILES string of the molecule is C=C(C)C1(C)CC(C)c2cccc(C(C)C)c2N1. The molecule has 1 aliphatic heterocycles. The minimum atomic E-state index is 0.0252. The molecule has 1 aromatic rings. The van der Waals surface area contributed by atoms with E-state index < -0.39 is 0 Å². The summed E-state index contributed by atoms with van der Waals surface area (Å²) in [5.41, 5.74) is 5.47. The lowest BCUT2D eigenvalue weighted by Crippen LogP contribution is -2.41. The second-order valence-corrected chi connectivity index (χ2v) is 6.31. The largest absolute Gasteiger partial charge is 0.376 e. The standard InChI is InChI=1S/C17H25N/c1-11(2)14-8-7-9-15-13(5)10-17(6,12(3)4)18-16(14)15/h7-9,11,13,18H,3,10H2,1-2,4-6H3. The monoisotopic (exact) mass is 243 g/mol. The van der Waals surface area contributed by atoms with E-state index in [-0.39, 0.29) is 5.54 Å². The van der Waals surface area contributed by atoms with Gasteiger partial charge in [-0.05, 0) is 43.2 Å². The van der Waals surface area contributed by atoms with Crippen LogP contribution in [0, 0.1) is 0 Å². The van der Waals surface area contributed by atoms with Gasteiger partial charge in [0.15, 0.2) is 0 Å². The second-order valence-electron chi connectivity index (χ2n) is 6.31. The molecule has 1 aliphatic rings. The highest BCUT2D eigenvalue weighted by Gasteiger charge is 2.34. The first kappa shape index (κ1) is 13.2. The minimum absolute atomic E-state index is 0.0252. The Hall–Kier alpha value is -1.24. The van der Waals surface area contributed by atoms with Crippen molar-refractivity contribution >= 4 is 5.69 Å². The lowest BCUT2D eigenvalue weighted by atomic mass is 9.76. The smallest absolute Gasteiger partial charge is 0.0557 e. The van der Waals surface area contributed by atoms with Crippen LogP contribution >= 0.6 is 0 Å². The van der Waals surface area contributed by atoms with E-state index in [1.54, 1.807) is 0 Å². The second kappa shape index (κ2) is 4.46. The topological polar surface area (TPSA) is 12.0 Å². The van der Waals surface area contributed by atoms with Crippen LogP contribution in [-0.4, -0.2) is 5.54 Å². The summed E-state index contributed by atoms with van der Waals surface area (Å²) in [6.07, 6.45) is 1.12. The number of nitrogens with one attached hydrogen (secondary N) is 1. The Morgan fingerprint density at radius 2 is 2.11 bits per heavy atom. The zero-order chi connectivity index (χ0) is 13.5. The van der Waals surface area contributed by atoms with Crippen LogP contribution in [0.15, 0.2) is 30.4 Å². The van der Waals surface area contributed by atoms with Crippen molar-refractivity contribution in [1.29, 1.82) is 0 Å². The Kier molecular flexibility index (Phi) is 3.27. The molecular weight excluding hydrogens is 218 g/mol. The number of fused-ring (bicyclic) bond motifs is 1. The number of hydrogen-bond donors (Lipinski definition) is 1. The van der Waals surface area contributed by atoms with Crippen molar-refractivity contribution in [1.82, 2.24) is 0 Å². The maximum absolute atomic E-state index is 4.17. The Labute approximate surface area is 111 Å².